The van der Waals surface area contributed by atoms with Crippen LogP contribution in [0, 0.1) is 5.92 Å². The number of nitrogens with zero attached hydrogens (tertiary/aromatic N) is 1. The molecule has 0 amide bonds. The maximum absolute atomic E-state index is 13.2. The van der Waals surface area contributed by atoms with Gasteiger partial charge in [-0.25, -0.2) is 12.7 Å². The Morgan fingerprint density at radius 3 is 2.44 bits per heavy atom. The third kappa shape index (κ3) is 4.94. The van der Waals surface area contributed by atoms with Gasteiger partial charge in [0.05, 0.1) is 11.4 Å². The van der Waals surface area contributed by atoms with Gasteiger partial charge in [0, 0.05) is 6.42 Å². The largest absolute Gasteiger partial charge is 0.470 e. The third-order valence-corrected chi connectivity index (χ3v) is 6.18. The second-order valence-electron chi connectivity index (χ2n) is 6.90. The summed E-state index contributed by atoms with van der Waals surface area (Å²) in [6.07, 6.45) is 1.19. The lowest BCUT2D eigenvalue weighted by atomic mass is 10.2. The number of ether oxygens (including phenoxy) is 1. The lowest BCUT2D eigenvalue weighted by Crippen LogP contribution is -2.43. The smallest absolute Gasteiger partial charge is 0.277 e. The summed E-state index contributed by atoms with van der Waals surface area (Å²) >= 11 is 0. The Labute approximate surface area is 168 Å². The van der Waals surface area contributed by atoms with Gasteiger partial charge in [0.1, 0.15) is 5.75 Å². The summed E-state index contributed by atoms with van der Waals surface area (Å²) in [7, 11) is -3.65. The first-order valence-corrected chi connectivity index (χ1v) is 10.6. The van der Waals surface area contributed by atoms with E-state index in [0.29, 0.717) is 29.5 Å². The van der Waals surface area contributed by atoms with E-state index < -0.39 is 15.5 Å². The Morgan fingerprint density at radius 2 is 1.74 bits per heavy atom. The zero-order valence-electron chi connectivity index (χ0n) is 15.7. The minimum absolute atomic E-state index is 0. The van der Waals surface area contributed by atoms with Crippen molar-refractivity contribution in [2.45, 2.75) is 32.1 Å². The lowest BCUT2D eigenvalue weighted by molar-refractivity contribution is 0.254. The van der Waals surface area contributed by atoms with Crippen LogP contribution in [0.5, 0.6) is 5.75 Å². The SMILES string of the molecule is CC(C)CNCCCC1Oc2ccccc2N(c2ccccc2)S1(=O)=O.Cl. The highest BCUT2D eigenvalue weighted by atomic mass is 35.5. The van der Waals surface area contributed by atoms with Crippen molar-refractivity contribution in [3.8, 4) is 5.75 Å². The molecular formula is C20H27ClN2O3S. The van der Waals surface area contributed by atoms with Crippen LogP contribution in [-0.2, 0) is 10.0 Å². The third-order valence-electron chi connectivity index (χ3n) is 4.27. The molecule has 1 heterocycles. The highest BCUT2D eigenvalue weighted by Gasteiger charge is 2.40. The first kappa shape index (κ1) is 21.5. The first-order chi connectivity index (χ1) is 12.5. The second-order valence-corrected chi connectivity index (χ2v) is 8.82. The number of hydrogen-bond acceptors (Lipinski definition) is 4. The van der Waals surface area contributed by atoms with E-state index in [4.69, 9.17) is 4.74 Å². The van der Waals surface area contributed by atoms with Gasteiger partial charge in [0.2, 0.25) is 5.44 Å². The molecule has 0 bridgehead atoms. The van der Waals surface area contributed by atoms with Crippen LogP contribution < -0.4 is 14.4 Å². The molecular weight excluding hydrogens is 384 g/mol. The highest BCUT2D eigenvalue weighted by Crippen LogP contribution is 2.42. The Bertz CT molecular complexity index is 828. The number of nitrogens with one attached hydrogen (secondary N) is 1. The van der Waals surface area contributed by atoms with E-state index in [9.17, 15) is 8.42 Å². The standard InChI is InChI=1S/C20H26N2O3S.ClH/c1-16(2)15-21-14-8-13-20-25-19-12-7-6-11-18(19)22(26(20,23)24)17-9-4-3-5-10-17;/h3-7,9-12,16,20-21H,8,13-15H2,1-2H3;1H. The highest BCUT2D eigenvalue weighted by molar-refractivity contribution is 7.93. The van der Waals surface area contributed by atoms with Gasteiger partial charge < -0.3 is 10.1 Å². The number of anilines is 2. The summed E-state index contributed by atoms with van der Waals surface area (Å²) in [6.45, 7) is 6.00. The van der Waals surface area contributed by atoms with Crippen LogP contribution in [0.15, 0.2) is 54.6 Å². The first-order valence-electron chi connectivity index (χ1n) is 9.05. The van der Waals surface area contributed by atoms with E-state index in [-0.39, 0.29) is 12.4 Å². The number of sulfonamides is 1. The number of para-hydroxylation sites is 3. The summed E-state index contributed by atoms with van der Waals surface area (Å²) in [5, 5.41) is 3.35. The molecule has 3 rings (SSSR count). The van der Waals surface area contributed by atoms with Crippen LogP contribution in [0.3, 0.4) is 0 Å². The molecule has 27 heavy (non-hydrogen) atoms. The van der Waals surface area contributed by atoms with E-state index in [1.807, 2.05) is 36.4 Å². The molecule has 1 aliphatic rings. The van der Waals surface area contributed by atoms with Gasteiger partial charge in [-0.1, -0.05) is 44.2 Å². The summed E-state index contributed by atoms with van der Waals surface area (Å²) in [5.41, 5.74) is 0.317. The van der Waals surface area contributed by atoms with E-state index in [1.54, 1.807) is 18.2 Å². The molecule has 0 saturated heterocycles. The van der Waals surface area contributed by atoms with Crippen LogP contribution in [-0.4, -0.2) is 26.9 Å². The topological polar surface area (TPSA) is 58.6 Å². The van der Waals surface area contributed by atoms with Crippen molar-refractivity contribution >= 4 is 33.8 Å². The van der Waals surface area contributed by atoms with Crippen molar-refractivity contribution in [1.29, 1.82) is 0 Å². The van der Waals surface area contributed by atoms with Crippen LogP contribution in [0.25, 0.3) is 0 Å². The van der Waals surface area contributed by atoms with Gasteiger partial charge in [-0.2, -0.15) is 0 Å². The van der Waals surface area contributed by atoms with Crippen molar-refractivity contribution < 1.29 is 13.2 Å². The summed E-state index contributed by atoms with van der Waals surface area (Å²) < 4.78 is 33.7. The summed E-state index contributed by atoms with van der Waals surface area (Å²) in [5.74, 6) is 1.18. The Morgan fingerprint density at radius 1 is 1.07 bits per heavy atom. The molecule has 0 aliphatic carbocycles. The monoisotopic (exact) mass is 410 g/mol. The quantitative estimate of drug-likeness (QED) is 0.690. The maximum atomic E-state index is 13.2. The van der Waals surface area contributed by atoms with E-state index in [2.05, 4.69) is 19.2 Å². The van der Waals surface area contributed by atoms with E-state index >= 15 is 0 Å². The molecule has 1 N–H and O–H groups in total. The molecule has 1 aliphatic heterocycles. The molecule has 0 fully saturated rings. The molecule has 0 saturated carbocycles. The van der Waals surface area contributed by atoms with Gasteiger partial charge in [0.15, 0.2) is 0 Å². The molecule has 0 radical (unpaired) electrons. The minimum atomic E-state index is -3.65. The predicted molar refractivity (Wildman–Crippen MR) is 113 cm³/mol. The fourth-order valence-electron chi connectivity index (χ4n) is 3.02. The van der Waals surface area contributed by atoms with Crippen LogP contribution in [0.2, 0.25) is 0 Å². The molecule has 2 aromatic rings. The number of fused-ring (bicyclic) bond motifs is 1. The average molecular weight is 411 g/mol. The Kier molecular flexibility index (Phi) is 7.53. The summed E-state index contributed by atoms with van der Waals surface area (Å²) in [4.78, 5) is 0. The number of benzene rings is 2. The van der Waals surface area contributed by atoms with Gasteiger partial charge in [0.25, 0.3) is 10.0 Å². The number of rotatable bonds is 7. The molecule has 1 unspecified atom stereocenters. The van der Waals surface area contributed by atoms with E-state index in [1.165, 1.54) is 4.31 Å². The van der Waals surface area contributed by atoms with Crippen LogP contribution >= 0.6 is 12.4 Å². The molecule has 0 spiro atoms. The molecule has 0 aromatic heterocycles. The molecule has 7 heteroatoms. The lowest BCUT2D eigenvalue weighted by Gasteiger charge is -2.35. The van der Waals surface area contributed by atoms with Crippen molar-refractivity contribution in [2.75, 3.05) is 17.4 Å². The normalized spacial score (nSPS) is 17.7. The van der Waals surface area contributed by atoms with Crippen molar-refractivity contribution in [2.24, 2.45) is 5.92 Å². The van der Waals surface area contributed by atoms with Crippen LogP contribution in [0.4, 0.5) is 11.4 Å². The van der Waals surface area contributed by atoms with Crippen molar-refractivity contribution in [1.82, 2.24) is 5.32 Å². The van der Waals surface area contributed by atoms with Gasteiger partial charge in [-0.3, -0.25) is 0 Å². The molecule has 5 nitrogen and oxygen atoms in total. The van der Waals surface area contributed by atoms with Gasteiger partial charge in [-0.15, -0.1) is 12.4 Å². The molecule has 148 valence electrons. The second kappa shape index (κ2) is 9.44. The van der Waals surface area contributed by atoms with E-state index in [0.717, 1.165) is 19.5 Å². The average Bonchev–Trinajstić information content (AvgIpc) is 2.62. The van der Waals surface area contributed by atoms with Crippen molar-refractivity contribution in [3.05, 3.63) is 54.6 Å². The number of hydrogen-bond donors (Lipinski definition) is 1. The van der Waals surface area contributed by atoms with Gasteiger partial charge >= 0.3 is 0 Å². The zero-order valence-corrected chi connectivity index (χ0v) is 17.3. The Hall–Kier alpha value is -1.76. The predicted octanol–water partition coefficient (Wildman–Crippen LogP) is 4.32. The Balaban J connectivity index is 0.00000261. The van der Waals surface area contributed by atoms with Gasteiger partial charge in [-0.05, 0) is 49.7 Å². The fraction of sp³-hybridized carbons (Fsp3) is 0.400. The maximum Gasteiger partial charge on any atom is 0.277 e. The van der Waals surface area contributed by atoms with Crippen molar-refractivity contribution in [3.63, 3.8) is 0 Å². The zero-order chi connectivity index (χ0) is 18.6. The van der Waals surface area contributed by atoms with Crippen LogP contribution in [0.1, 0.15) is 26.7 Å². The fourth-order valence-corrected chi connectivity index (χ4v) is 4.79. The summed E-state index contributed by atoms with van der Waals surface area (Å²) in [6, 6.07) is 16.5. The molecule has 1 atom stereocenters. The minimum Gasteiger partial charge on any atom is -0.470 e. The number of halogens is 1. The molecule has 2 aromatic carbocycles.